The highest BCUT2D eigenvalue weighted by atomic mass is 16.4. The SMILES string of the molecule is C=CC[C@H](C(=O)O)[C@@H](CC(C)C)C(=O)NC1C(=O)N(C)c2ccccc2-c2ccccc21.C=CC[C@H](C(N)=O)[C@@H](CC(C)C)C(=O)NC1C(=O)N(C)c2ccccc2-c2ccccc21. The Labute approximate surface area is 376 Å². The van der Waals surface area contributed by atoms with Gasteiger partial charge >= 0.3 is 5.97 Å². The monoisotopic (exact) mass is 867 g/mol. The summed E-state index contributed by atoms with van der Waals surface area (Å²) in [6, 6.07) is 28.6. The number of nitrogens with zero attached hydrogens (tertiary/aromatic N) is 2. The topological polar surface area (TPSA) is 179 Å². The molecule has 6 atom stereocenters. The molecule has 0 saturated heterocycles. The molecular formula is C52H61N5O7. The number of amides is 5. The van der Waals surface area contributed by atoms with Gasteiger partial charge in [-0.1, -0.05) is 125 Å². The van der Waals surface area contributed by atoms with Gasteiger partial charge in [0.05, 0.1) is 35.0 Å². The zero-order valence-corrected chi connectivity index (χ0v) is 37.6. The van der Waals surface area contributed by atoms with Crippen LogP contribution in [0.1, 0.15) is 76.6 Å². The molecule has 336 valence electrons. The van der Waals surface area contributed by atoms with Gasteiger partial charge in [-0.15, -0.1) is 13.2 Å². The van der Waals surface area contributed by atoms with E-state index in [1.807, 2.05) is 125 Å². The van der Waals surface area contributed by atoms with E-state index < -0.39 is 53.5 Å². The smallest absolute Gasteiger partial charge is 0.307 e. The molecule has 2 aliphatic heterocycles. The van der Waals surface area contributed by atoms with Gasteiger partial charge in [0.2, 0.25) is 17.7 Å². The van der Waals surface area contributed by atoms with E-state index in [2.05, 4.69) is 23.8 Å². The predicted octanol–water partition coefficient (Wildman–Crippen LogP) is 8.25. The van der Waals surface area contributed by atoms with Crippen LogP contribution in [0.15, 0.2) is 122 Å². The molecule has 0 radical (unpaired) electrons. The van der Waals surface area contributed by atoms with Gasteiger partial charge in [0.25, 0.3) is 11.8 Å². The fraction of sp³-hybridized carbons (Fsp3) is 0.346. The van der Waals surface area contributed by atoms with Gasteiger partial charge in [0.1, 0.15) is 12.1 Å². The van der Waals surface area contributed by atoms with Crippen molar-refractivity contribution < 1.29 is 33.9 Å². The number of primary amides is 1. The highest BCUT2D eigenvalue weighted by Crippen LogP contribution is 2.41. The highest BCUT2D eigenvalue weighted by molar-refractivity contribution is 6.07. The molecule has 4 aromatic carbocycles. The van der Waals surface area contributed by atoms with Crippen molar-refractivity contribution in [2.75, 3.05) is 23.9 Å². The van der Waals surface area contributed by atoms with E-state index in [1.165, 1.54) is 6.08 Å². The summed E-state index contributed by atoms with van der Waals surface area (Å²) in [5.41, 5.74) is 12.2. The zero-order chi connectivity index (χ0) is 46.8. The van der Waals surface area contributed by atoms with E-state index in [-0.39, 0.29) is 36.0 Å². The minimum Gasteiger partial charge on any atom is -0.481 e. The lowest BCUT2D eigenvalue weighted by molar-refractivity contribution is -0.148. The summed E-state index contributed by atoms with van der Waals surface area (Å²) in [4.78, 5) is 81.1. The van der Waals surface area contributed by atoms with Gasteiger partial charge in [0, 0.05) is 25.2 Å². The number of hydrogen-bond donors (Lipinski definition) is 4. The Kier molecular flexibility index (Phi) is 16.2. The number of carbonyl (C=O) groups excluding carboxylic acids is 5. The first-order valence-corrected chi connectivity index (χ1v) is 21.8. The number of nitrogens with two attached hydrogens (primary N) is 1. The molecule has 0 bridgehead atoms. The first kappa shape index (κ1) is 48.2. The number of hydrogen-bond acceptors (Lipinski definition) is 6. The van der Waals surface area contributed by atoms with Crippen molar-refractivity contribution in [3.8, 4) is 22.3 Å². The van der Waals surface area contributed by atoms with Crippen molar-refractivity contribution in [3.63, 3.8) is 0 Å². The summed E-state index contributed by atoms with van der Waals surface area (Å²) in [5.74, 6) is -5.59. The molecule has 5 amide bonds. The average molecular weight is 868 g/mol. The van der Waals surface area contributed by atoms with Crippen molar-refractivity contribution in [2.45, 2.75) is 65.5 Å². The fourth-order valence-corrected chi connectivity index (χ4v) is 8.84. The number of anilines is 2. The quantitative estimate of drug-likeness (QED) is 0.0819. The van der Waals surface area contributed by atoms with Crippen LogP contribution in [0, 0.1) is 35.5 Å². The van der Waals surface area contributed by atoms with E-state index in [0.29, 0.717) is 24.8 Å². The molecule has 64 heavy (non-hydrogen) atoms. The number of rotatable bonds is 16. The maximum Gasteiger partial charge on any atom is 0.307 e. The van der Waals surface area contributed by atoms with Crippen LogP contribution in [-0.4, -0.2) is 54.7 Å². The predicted molar refractivity (Wildman–Crippen MR) is 252 cm³/mol. The van der Waals surface area contributed by atoms with Gasteiger partial charge in [-0.05, 0) is 71.9 Å². The molecule has 0 aromatic heterocycles. The third-order valence-electron chi connectivity index (χ3n) is 12.0. The minimum absolute atomic E-state index is 0.112. The lowest BCUT2D eigenvalue weighted by Crippen LogP contribution is -2.46. The van der Waals surface area contributed by atoms with Crippen molar-refractivity contribution in [3.05, 3.63) is 133 Å². The van der Waals surface area contributed by atoms with Crippen LogP contribution >= 0.6 is 0 Å². The fourth-order valence-electron chi connectivity index (χ4n) is 8.84. The molecule has 5 N–H and O–H groups in total. The first-order chi connectivity index (χ1) is 30.5. The third-order valence-corrected chi connectivity index (χ3v) is 12.0. The second-order valence-corrected chi connectivity index (χ2v) is 17.4. The Morgan fingerprint density at radius 2 is 0.938 bits per heavy atom. The van der Waals surface area contributed by atoms with E-state index >= 15 is 0 Å². The molecule has 4 aromatic rings. The molecule has 2 unspecified atom stereocenters. The van der Waals surface area contributed by atoms with Crippen LogP contribution < -0.4 is 26.2 Å². The Balaban J connectivity index is 0.000000241. The summed E-state index contributed by atoms with van der Waals surface area (Å²) < 4.78 is 0. The Morgan fingerprint density at radius 1 is 0.594 bits per heavy atom. The summed E-state index contributed by atoms with van der Waals surface area (Å²) in [6.45, 7) is 15.2. The zero-order valence-electron chi connectivity index (χ0n) is 37.6. The standard InChI is InChI=1S/C26H31N3O3.C26H30N2O4/c1-5-10-20(24(27)30)21(15-16(2)3)25(31)28-23-19-13-7-6-11-17(19)18-12-8-9-14-22(18)29(4)26(23)32;1-5-10-20(26(31)32)21(15-16(2)3)24(29)27-23-19-13-7-6-11-17(19)18-12-8-9-14-22(18)28(4)25(23)30/h5-9,11-14,16,20-21,23H,1,10,15H2,2-4H3,(H2,27,30)(H,28,31);5-9,11-14,16,20-21,23H,1,10,15H2,2-4H3,(H,27,29)(H,31,32)/t2*20-,21+,23?/m00/s1. The maximum absolute atomic E-state index is 13.5. The minimum atomic E-state index is -1.04. The first-order valence-electron chi connectivity index (χ1n) is 21.8. The third kappa shape index (κ3) is 10.7. The Bertz CT molecular complexity index is 2230. The van der Waals surface area contributed by atoms with Gasteiger partial charge in [-0.3, -0.25) is 28.8 Å². The van der Waals surface area contributed by atoms with Crippen molar-refractivity contribution in [1.82, 2.24) is 10.6 Å². The second-order valence-electron chi connectivity index (χ2n) is 17.4. The molecule has 0 fully saturated rings. The normalized spacial score (nSPS) is 17.1. The molecular weight excluding hydrogens is 807 g/mol. The number of fused-ring (bicyclic) bond motifs is 6. The van der Waals surface area contributed by atoms with Gasteiger partial charge in [-0.25, -0.2) is 0 Å². The number of benzene rings is 4. The number of carboxylic acid groups (broad SMARTS) is 1. The summed E-state index contributed by atoms with van der Waals surface area (Å²) in [6.07, 6.45) is 4.49. The maximum atomic E-state index is 13.5. The number of nitrogens with one attached hydrogen (secondary N) is 2. The van der Waals surface area contributed by atoms with Gasteiger partial charge in [0.15, 0.2) is 0 Å². The van der Waals surface area contributed by atoms with E-state index in [9.17, 15) is 33.9 Å². The number of aliphatic carboxylic acids is 1. The summed E-state index contributed by atoms with van der Waals surface area (Å²) in [7, 11) is 3.40. The lowest BCUT2D eigenvalue weighted by atomic mass is 9.82. The Hall–Kier alpha value is -6.82. The summed E-state index contributed by atoms with van der Waals surface area (Å²) >= 11 is 0. The van der Waals surface area contributed by atoms with Crippen LogP contribution in [-0.2, 0) is 28.8 Å². The number of para-hydroxylation sites is 2. The Morgan fingerprint density at radius 3 is 1.30 bits per heavy atom. The summed E-state index contributed by atoms with van der Waals surface area (Å²) in [5, 5.41) is 15.6. The number of carbonyl (C=O) groups is 6. The van der Waals surface area contributed by atoms with Crippen molar-refractivity contribution >= 4 is 46.9 Å². The van der Waals surface area contributed by atoms with Gasteiger partial charge < -0.3 is 31.3 Å². The number of carboxylic acids is 1. The lowest BCUT2D eigenvalue weighted by Gasteiger charge is -2.28. The van der Waals surface area contributed by atoms with Crippen LogP contribution in [0.2, 0.25) is 0 Å². The molecule has 12 heteroatoms. The molecule has 0 saturated carbocycles. The van der Waals surface area contributed by atoms with Crippen molar-refractivity contribution in [2.24, 2.45) is 41.2 Å². The molecule has 12 nitrogen and oxygen atoms in total. The van der Waals surface area contributed by atoms with E-state index in [1.54, 1.807) is 30.0 Å². The second kappa shape index (κ2) is 21.5. The van der Waals surface area contributed by atoms with Crippen LogP contribution in [0.5, 0.6) is 0 Å². The van der Waals surface area contributed by atoms with Crippen LogP contribution in [0.3, 0.4) is 0 Å². The molecule has 0 aliphatic carbocycles. The number of allylic oxidation sites excluding steroid dienone is 2. The van der Waals surface area contributed by atoms with Gasteiger partial charge in [-0.2, -0.15) is 0 Å². The molecule has 0 spiro atoms. The number of likely N-dealkylation sites (N-methyl/N-ethyl adjacent to an activating group) is 2. The van der Waals surface area contributed by atoms with E-state index in [4.69, 9.17) is 5.73 Å². The molecule has 2 heterocycles. The van der Waals surface area contributed by atoms with Crippen LogP contribution in [0.4, 0.5) is 11.4 Å². The van der Waals surface area contributed by atoms with E-state index in [0.717, 1.165) is 39.2 Å². The molecule has 2 aliphatic rings. The largest absolute Gasteiger partial charge is 0.481 e. The van der Waals surface area contributed by atoms with Crippen molar-refractivity contribution in [1.29, 1.82) is 0 Å². The van der Waals surface area contributed by atoms with Crippen LogP contribution in [0.25, 0.3) is 22.3 Å². The molecule has 6 rings (SSSR count). The highest BCUT2D eigenvalue weighted by Gasteiger charge is 2.40. The average Bonchev–Trinajstić information content (AvgIpc) is 3.42.